The molecule has 6 nitrogen and oxygen atoms in total. The summed E-state index contributed by atoms with van der Waals surface area (Å²) in [5, 5.41) is 0. The molecule has 0 saturated carbocycles. The third-order valence-corrected chi connectivity index (χ3v) is 5.87. The maximum atomic E-state index is 13.1. The maximum Gasteiger partial charge on any atom is 0.254 e. The molecular weight excluding hydrogens is 344 g/mol. The summed E-state index contributed by atoms with van der Waals surface area (Å²) < 4.78 is 5.65. The zero-order chi connectivity index (χ0) is 19.1. The number of nitrogens with zero attached hydrogens (tertiary/aromatic N) is 2. The molecular formula is C21H26N2O4. The van der Waals surface area contributed by atoms with Gasteiger partial charge in [-0.3, -0.25) is 19.3 Å². The molecule has 1 aromatic rings. The Kier molecular flexibility index (Phi) is 4.66. The highest BCUT2D eigenvalue weighted by Gasteiger charge is 2.47. The Labute approximate surface area is 159 Å². The van der Waals surface area contributed by atoms with Crippen molar-refractivity contribution in [1.82, 2.24) is 9.80 Å². The van der Waals surface area contributed by atoms with Crippen LogP contribution in [0.1, 0.15) is 62.7 Å². The number of rotatable bonds is 4. The normalized spacial score (nSPS) is 27.6. The predicted molar refractivity (Wildman–Crippen MR) is 99.3 cm³/mol. The van der Waals surface area contributed by atoms with E-state index in [1.54, 1.807) is 0 Å². The zero-order valence-corrected chi connectivity index (χ0v) is 15.9. The molecule has 4 rings (SSSR count). The molecule has 3 saturated heterocycles. The molecule has 2 unspecified atom stereocenters. The summed E-state index contributed by atoms with van der Waals surface area (Å²) >= 11 is 0. The Bertz CT molecular complexity index is 728. The molecule has 27 heavy (non-hydrogen) atoms. The van der Waals surface area contributed by atoms with Crippen molar-refractivity contribution in [3.05, 3.63) is 29.8 Å². The van der Waals surface area contributed by atoms with Crippen LogP contribution >= 0.6 is 0 Å². The summed E-state index contributed by atoms with van der Waals surface area (Å²) in [4.78, 5) is 40.7. The number of carbonyl (C=O) groups is 3. The fourth-order valence-electron chi connectivity index (χ4n) is 4.79. The van der Waals surface area contributed by atoms with Crippen molar-refractivity contribution in [2.75, 3.05) is 0 Å². The Morgan fingerprint density at radius 1 is 0.963 bits per heavy atom. The van der Waals surface area contributed by atoms with Gasteiger partial charge in [0.25, 0.3) is 5.91 Å². The lowest BCUT2D eigenvalue weighted by Gasteiger charge is -2.41. The first-order chi connectivity index (χ1) is 12.9. The first-order valence-corrected chi connectivity index (χ1v) is 9.88. The summed E-state index contributed by atoms with van der Waals surface area (Å²) in [7, 11) is 0. The van der Waals surface area contributed by atoms with E-state index in [0.29, 0.717) is 31.2 Å². The van der Waals surface area contributed by atoms with Gasteiger partial charge in [-0.25, -0.2) is 0 Å². The van der Waals surface area contributed by atoms with Crippen LogP contribution in [-0.4, -0.2) is 51.8 Å². The van der Waals surface area contributed by atoms with Crippen molar-refractivity contribution in [3.63, 3.8) is 0 Å². The van der Waals surface area contributed by atoms with Crippen LogP contribution in [0.3, 0.4) is 0 Å². The quantitative estimate of drug-likeness (QED) is 0.765. The average Bonchev–Trinajstić information content (AvgIpc) is 3.10. The molecule has 0 N–H and O–H groups in total. The summed E-state index contributed by atoms with van der Waals surface area (Å²) in [6, 6.07) is 7.48. The lowest BCUT2D eigenvalue weighted by molar-refractivity contribution is -0.142. The van der Waals surface area contributed by atoms with E-state index in [1.165, 1.54) is 4.90 Å². The van der Waals surface area contributed by atoms with Gasteiger partial charge in [-0.05, 0) is 63.8 Å². The van der Waals surface area contributed by atoms with E-state index in [0.717, 1.165) is 18.6 Å². The number of piperidine rings is 1. The minimum Gasteiger partial charge on any atom is -0.491 e. The van der Waals surface area contributed by atoms with Gasteiger partial charge in [-0.15, -0.1) is 0 Å². The zero-order valence-electron chi connectivity index (χ0n) is 15.9. The number of amides is 3. The van der Waals surface area contributed by atoms with Crippen molar-refractivity contribution in [1.29, 1.82) is 0 Å². The van der Waals surface area contributed by atoms with Gasteiger partial charge in [0, 0.05) is 36.5 Å². The molecule has 0 radical (unpaired) electrons. The van der Waals surface area contributed by atoms with Crippen molar-refractivity contribution in [2.24, 2.45) is 0 Å². The van der Waals surface area contributed by atoms with Gasteiger partial charge in [0.2, 0.25) is 11.8 Å². The van der Waals surface area contributed by atoms with E-state index >= 15 is 0 Å². The molecule has 2 atom stereocenters. The van der Waals surface area contributed by atoms with Crippen LogP contribution in [0.2, 0.25) is 0 Å². The Balaban J connectivity index is 1.47. The topological polar surface area (TPSA) is 66.9 Å². The van der Waals surface area contributed by atoms with Gasteiger partial charge in [0.05, 0.1) is 6.10 Å². The first kappa shape index (κ1) is 18.0. The second-order valence-corrected chi connectivity index (χ2v) is 8.07. The summed E-state index contributed by atoms with van der Waals surface area (Å²) in [5.74, 6) is 0.695. The van der Waals surface area contributed by atoms with Crippen molar-refractivity contribution in [2.45, 2.75) is 76.6 Å². The largest absolute Gasteiger partial charge is 0.491 e. The number of benzene rings is 1. The fraction of sp³-hybridized carbons (Fsp3) is 0.571. The SMILES string of the molecule is CC(C)Oc1ccc(C(=O)N2C3CCC2CC(N2C(=O)CCC2=O)C3)cc1. The molecule has 144 valence electrons. The maximum absolute atomic E-state index is 13.1. The molecule has 3 heterocycles. The van der Waals surface area contributed by atoms with Crippen molar-refractivity contribution >= 4 is 17.7 Å². The molecule has 3 fully saturated rings. The Morgan fingerprint density at radius 2 is 1.52 bits per heavy atom. The number of hydrogen-bond donors (Lipinski definition) is 0. The molecule has 0 aliphatic carbocycles. The van der Waals surface area contributed by atoms with Gasteiger partial charge in [0.15, 0.2) is 0 Å². The van der Waals surface area contributed by atoms with E-state index in [2.05, 4.69) is 0 Å². The van der Waals surface area contributed by atoms with Gasteiger partial charge < -0.3 is 9.64 Å². The standard InChI is InChI=1S/C21H26N2O4/c1-13(2)27-18-7-3-14(4-8-18)21(26)22-15-5-6-16(22)12-17(11-15)23-19(24)9-10-20(23)25/h3-4,7-8,13,15-17H,5-6,9-12H2,1-2H3. The minimum atomic E-state index is -0.0510. The number of fused-ring (bicyclic) bond motifs is 2. The number of ether oxygens (including phenoxy) is 1. The molecule has 1 aromatic carbocycles. The third kappa shape index (κ3) is 3.33. The summed E-state index contributed by atoms with van der Waals surface area (Å²) in [5.41, 5.74) is 0.662. The lowest BCUT2D eigenvalue weighted by atomic mass is 9.95. The molecule has 3 aliphatic rings. The van der Waals surface area contributed by atoms with Crippen LogP contribution in [-0.2, 0) is 9.59 Å². The highest BCUT2D eigenvalue weighted by molar-refractivity contribution is 6.02. The second-order valence-electron chi connectivity index (χ2n) is 8.07. The Morgan fingerprint density at radius 3 is 2.04 bits per heavy atom. The van der Waals surface area contributed by atoms with E-state index in [9.17, 15) is 14.4 Å². The average molecular weight is 370 g/mol. The highest BCUT2D eigenvalue weighted by atomic mass is 16.5. The third-order valence-electron chi connectivity index (χ3n) is 5.87. The fourth-order valence-corrected chi connectivity index (χ4v) is 4.79. The van der Waals surface area contributed by atoms with Crippen LogP contribution < -0.4 is 4.74 Å². The first-order valence-electron chi connectivity index (χ1n) is 9.88. The molecule has 3 amide bonds. The van der Waals surface area contributed by atoms with Gasteiger partial charge in [0.1, 0.15) is 5.75 Å². The summed E-state index contributed by atoms with van der Waals surface area (Å²) in [6.07, 6.45) is 4.05. The highest BCUT2D eigenvalue weighted by Crippen LogP contribution is 2.39. The van der Waals surface area contributed by atoms with E-state index in [4.69, 9.17) is 4.74 Å². The smallest absolute Gasteiger partial charge is 0.254 e. The number of imide groups is 1. The summed E-state index contributed by atoms with van der Waals surface area (Å²) in [6.45, 7) is 3.94. The minimum absolute atomic E-state index is 0.0381. The molecule has 3 aliphatic heterocycles. The van der Waals surface area contributed by atoms with Gasteiger partial charge >= 0.3 is 0 Å². The molecule has 6 heteroatoms. The van der Waals surface area contributed by atoms with Crippen molar-refractivity contribution in [3.8, 4) is 5.75 Å². The van der Waals surface area contributed by atoms with Crippen LogP contribution in [0.15, 0.2) is 24.3 Å². The number of likely N-dealkylation sites (tertiary alicyclic amines) is 1. The van der Waals surface area contributed by atoms with Gasteiger partial charge in [-0.1, -0.05) is 0 Å². The number of hydrogen-bond acceptors (Lipinski definition) is 4. The second kappa shape index (κ2) is 6.98. The van der Waals surface area contributed by atoms with Crippen LogP contribution in [0.4, 0.5) is 0 Å². The lowest BCUT2D eigenvalue weighted by Crippen LogP contribution is -2.53. The molecule has 0 spiro atoms. The van der Waals surface area contributed by atoms with E-state index in [-0.39, 0.29) is 42.0 Å². The predicted octanol–water partition coefficient (Wildman–Crippen LogP) is 2.76. The van der Waals surface area contributed by atoms with Gasteiger partial charge in [-0.2, -0.15) is 0 Å². The van der Waals surface area contributed by atoms with Crippen LogP contribution in [0, 0.1) is 0 Å². The molecule has 2 bridgehead atoms. The Hall–Kier alpha value is -2.37. The van der Waals surface area contributed by atoms with E-state index < -0.39 is 0 Å². The van der Waals surface area contributed by atoms with Crippen molar-refractivity contribution < 1.29 is 19.1 Å². The monoisotopic (exact) mass is 370 g/mol. The van der Waals surface area contributed by atoms with Crippen LogP contribution in [0.5, 0.6) is 5.75 Å². The molecule has 0 aromatic heterocycles. The van der Waals surface area contributed by atoms with E-state index in [1.807, 2.05) is 43.0 Å². The number of carbonyl (C=O) groups excluding carboxylic acids is 3. The van der Waals surface area contributed by atoms with Crippen LogP contribution in [0.25, 0.3) is 0 Å².